The first-order valence-electron chi connectivity index (χ1n) is 6.13. The quantitative estimate of drug-likeness (QED) is 0.258. The Labute approximate surface area is 120 Å². The highest BCUT2D eigenvalue weighted by Gasteiger charge is 2.28. The number of esters is 1. The fourth-order valence-corrected chi connectivity index (χ4v) is 2.10. The maximum absolute atomic E-state index is 11.3. The topological polar surface area (TPSA) is 102 Å². The first kappa shape index (κ1) is 16.4. The normalized spacial score (nSPS) is 23.0. The number of nitrogens with zero attached hydrogens (tertiary/aromatic N) is 1. The highest BCUT2D eigenvalue weighted by atomic mass is 35.5. The number of carbonyl (C=O) groups excluding carboxylic acids is 2. The maximum atomic E-state index is 11.3. The lowest BCUT2D eigenvalue weighted by Gasteiger charge is -2.25. The van der Waals surface area contributed by atoms with Crippen LogP contribution in [0.3, 0.4) is 0 Å². The van der Waals surface area contributed by atoms with E-state index in [0.29, 0.717) is 25.7 Å². The first-order valence-corrected chi connectivity index (χ1v) is 6.67. The van der Waals surface area contributed by atoms with Crippen molar-refractivity contribution in [3.8, 4) is 0 Å². The minimum absolute atomic E-state index is 0.160. The minimum Gasteiger partial charge on any atom is -0.476 e. The van der Waals surface area contributed by atoms with Crippen LogP contribution >= 0.6 is 11.6 Å². The molecule has 0 bridgehead atoms. The van der Waals surface area contributed by atoms with Crippen molar-refractivity contribution in [3.05, 3.63) is 0 Å². The number of alkyl halides is 1. The van der Waals surface area contributed by atoms with Crippen molar-refractivity contribution < 1.29 is 29.1 Å². The third-order valence-electron chi connectivity index (χ3n) is 3.09. The molecule has 0 amide bonds. The number of carboxylic acid groups (broad SMARTS) is 1. The van der Waals surface area contributed by atoms with Gasteiger partial charge in [-0.2, -0.15) is 0 Å². The van der Waals surface area contributed by atoms with Gasteiger partial charge < -0.3 is 14.7 Å². The predicted octanol–water partition coefficient (Wildman–Crippen LogP) is 0.983. The molecule has 1 aliphatic rings. The van der Waals surface area contributed by atoms with E-state index in [-0.39, 0.29) is 18.0 Å². The van der Waals surface area contributed by atoms with Gasteiger partial charge in [-0.25, -0.2) is 4.79 Å². The van der Waals surface area contributed by atoms with E-state index >= 15 is 0 Å². The third kappa shape index (κ3) is 4.48. The molecule has 0 aromatic heterocycles. The number of hydrogen-bond donors (Lipinski definition) is 1. The Hall–Kier alpha value is -1.63. The van der Waals surface area contributed by atoms with Crippen LogP contribution in [0, 0.1) is 5.92 Å². The number of carbonyl (C=O) groups is 3. The lowest BCUT2D eigenvalue weighted by atomic mass is 9.87. The smallest absolute Gasteiger partial charge is 0.361 e. The fourth-order valence-electron chi connectivity index (χ4n) is 1.97. The second kappa shape index (κ2) is 7.84. The van der Waals surface area contributed by atoms with Crippen LogP contribution < -0.4 is 0 Å². The Bertz CT molecular complexity index is 414. The molecule has 0 aromatic carbocycles. The van der Waals surface area contributed by atoms with Gasteiger partial charge in [0.2, 0.25) is 11.5 Å². The number of hydrogen-bond acceptors (Lipinski definition) is 6. The van der Waals surface area contributed by atoms with E-state index in [0.717, 1.165) is 0 Å². The van der Waals surface area contributed by atoms with Crippen molar-refractivity contribution in [3.63, 3.8) is 0 Å². The molecule has 1 N–H and O–H groups in total. The summed E-state index contributed by atoms with van der Waals surface area (Å²) in [5.74, 6) is -3.16. The number of methoxy groups -OCH3 is 1. The third-order valence-corrected chi connectivity index (χ3v) is 3.33. The summed E-state index contributed by atoms with van der Waals surface area (Å²) in [6, 6.07) is 0. The summed E-state index contributed by atoms with van der Waals surface area (Å²) in [5.41, 5.74) is -0.713. The van der Waals surface area contributed by atoms with Crippen LogP contribution in [0.2, 0.25) is 0 Å². The van der Waals surface area contributed by atoms with E-state index in [1.165, 1.54) is 7.11 Å². The van der Waals surface area contributed by atoms with Gasteiger partial charge in [0.25, 0.3) is 0 Å². The molecule has 0 aromatic rings. The Morgan fingerprint density at radius 1 is 1.25 bits per heavy atom. The maximum Gasteiger partial charge on any atom is 0.361 e. The van der Waals surface area contributed by atoms with Crippen LogP contribution in [0.25, 0.3) is 0 Å². The standard InChI is InChI=1S/C12H16ClNO6/c1-19-12(18)7-2-4-8(5-3-7)20-14-10(11(16)17)9(15)6-13/h7-8H,2-6H2,1H3,(H,16,17)/b14-10+. The van der Waals surface area contributed by atoms with Crippen molar-refractivity contribution >= 4 is 35.0 Å². The number of halogens is 1. The van der Waals surface area contributed by atoms with Crippen LogP contribution in [0.15, 0.2) is 5.16 Å². The van der Waals surface area contributed by atoms with E-state index in [1.54, 1.807) is 0 Å². The van der Waals surface area contributed by atoms with Gasteiger partial charge in [0.15, 0.2) is 0 Å². The molecule has 7 nitrogen and oxygen atoms in total. The van der Waals surface area contributed by atoms with Gasteiger partial charge in [0, 0.05) is 0 Å². The van der Waals surface area contributed by atoms with E-state index in [1.807, 2.05) is 0 Å². The number of ketones is 1. The van der Waals surface area contributed by atoms with Crippen LogP contribution in [0.4, 0.5) is 0 Å². The van der Waals surface area contributed by atoms with Gasteiger partial charge in [-0.05, 0) is 25.7 Å². The van der Waals surface area contributed by atoms with Crippen LogP contribution in [0.5, 0.6) is 0 Å². The monoisotopic (exact) mass is 305 g/mol. The average Bonchev–Trinajstić information content (AvgIpc) is 2.46. The van der Waals surface area contributed by atoms with Crippen molar-refractivity contribution in [2.24, 2.45) is 11.1 Å². The predicted molar refractivity (Wildman–Crippen MR) is 69.6 cm³/mol. The molecule has 112 valence electrons. The van der Waals surface area contributed by atoms with E-state index < -0.39 is 23.3 Å². The van der Waals surface area contributed by atoms with E-state index in [9.17, 15) is 14.4 Å². The Morgan fingerprint density at radius 2 is 1.85 bits per heavy atom. The molecule has 20 heavy (non-hydrogen) atoms. The highest BCUT2D eigenvalue weighted by Crippen LogP contribution is 2.27. The summed E-state index contributed by atoms with van der Waals surface area (Å²) >= 11 is 5.28. The summed E-state index contributed by atoms with van der Waals surface area (Å²) in [6.07, 6.45) is 1.95. The molecule has 0 saturated heterocycles. The van der Waals surface area contributed by atoms with Crippen molar-refractivity contribution in [2.75, 3.05) is 13.0 Å². The van der Waals surface area contributed by atoms with Crippen LogP contribution in [0.1, 0.15) is 25.7 Å². The summed E-state index contributed by atoms with van der Waals surface area (Å²) < 4.78 is 4.66. The lowest BCUT2D eigenvalue weighted by Crippen LogP contribution is -2.28. The molecule has 8 heteroatoms. The average molecular weight is 306 g/mol. The Morgan fingerprint density at radius 3 is 2.30 bits per heavy atom. The summed E-state index contributed by atoms with van der Waals surface area (Å²) in [7, 11) is 1.34. The summed E-state index contributed by atoms with van der Waals surface area (Å²) in [6.45, 7) is 0. The molecule has 0 aliphatic heterocycles. The fraction of sp³-hybridized carbons (Fsp3) is 0.667. The van der Waals surface area contributed by atoms with Crippen molar-refractivity contribution in [2.45, 2.75) is 31.8 Å². The lowest BCUT2D eigenvalue weighted by molar-refractivity contribution is -0.147. The second-order valence-corrected chi connectivity index (χ2v) is 4.67. The zero-order valence-electron chi connectivity index (χ0n) is 11.0. The molecule has 0 heterocycles. The molecule has 0 spiro atoms. The highest BCUT2D eigenvalue weighted by molar-refractivity contribution is 6.67. The van der Waals surface area contributed by atoms with Gasteiger partial charge in [-0.15, -0.1) is 11.6 Å². The van der Waals surface area contributed by atoms with Crippen LogP contribution in [-0.2, 0) is 24.0 Å². The first-order chi connectivity index (χ1) is 9.49. The number of Topliss-reactive ketones (excluding diaryl/α,β-unsaturated/α-hetero) is 1. The van der Waals surface area contributed by atoms with Gasteiger partial charge in [0.05, 0.1) is 18.9 Å². The van der Waals surface area contributed by atoms with Crippen LogP contribution in [-0.4, -0.2) is 47.6 Å². The Kier molecular flexibility index (Phi) is 6.44. The Balaban J connectivity index is 2.52. The van der Waals surface area contributed by atoms with E-state index in [4.69, 9.17) is 21.5 Å². The number of aliphatic carboxylic acids is 1. The minimum atomic E-state index is -1.47. The number of ether oxygens (including phenoxy) is 1. The number of oxime groups is 1. The molecule has 1 rings (SSSR count). The summed E-state index contributed by atoms with van der Waals surface area (Å²) in [4.78, 5) is 38.4. The van der Waals surface area contributed by atoms with Gasteiger partial charge in [0.1, 0.15) is 6.10 Å². The molecule has 0 radical (unpaired) electrons. The number of carboxylic acids is 1. The molecule has 1 fully saturated rings. The van der Waals surface area contributed by atoms with E-state index in [2.05, 4.69) is 9.89 Å². The van der Waals surface area contributed by atoms with Gasteiger partial charge in [-0.3, -0.25) is 9.59 Å². The molecule has 0 unspecified atom stereocenters. The van der Waals surface area contributed by atoms with Crippen molar-refractivity contribution in [1.82, 2.24) is 0 Å². The molecule has 0 atom stereocenters. The zero-order valence-corrected chi connectivity index (χ0v) is 11.8. The molecule has 1 aliphatic carbocycles. The largest absolute Gasteiger partial charge is 0.476 e. The molecule has 1 saturated carbocycles. The molecular formula is C12H16ClNO6. The summed E-state index contributed by atoms with van der Waals surface area (Å²) in [5, 5.41) is 12.2. The zero-order chi connectivity index (χ0) is 15.1. The second-order valence-electron chi connectivity index (χ2n) is 4.40. The SMILES string of the molecule is COC(=O)C1CCC(O/N=C(/C(=O)O)C(=O)CCl)CC1. The van der Waals surface area contributed by atoms with Gasteiger partial charge in [-0.1, -0.05) is 5.16 Å². The number of rotatable bonds is 6. The van der Waals surface area contributed by atoms with Gasteiger partial charge >= 0.3 is 11.9 Å². The molecular weight excluding hydrogens is 290 g/mol. The van der Waals surface area contributed by atoms with Crippen molar-refractivity contribution in [1.29, 1.82) is 0 Å².